The van der Waals surface area contributed by atoms with Crippen LogP contribution in [0.25, 0.3) is 0 Å². The number of ether oxygens (including phenoxy) is 1. The van der Waals surface area contributed by atoms with Crippen molar-refractivity contribution in [2.24, 2.45) is 0 Å². The molecule has 0 saturated heterocycles. The van der Waals surface area contributed by atoms with E-state index in [9.17, 15) is 9.18 Å². The molecule has 0 amide bonds. The number of benzene rings is 1. The van der Waals surface area contributed by atoms with Gasteiger partial charge in [0.15, 0.2) is 17.3 Å². The summed E-state index contributed by atoms with van der Waals surface area (Å²) >= 11 is 0. The Bertz CT molecular complexity index is 570. The van der Waals surface area contributed by atoms with Gasteiger partial charge in [0.05, 0.1) is 6.61 Å². The van der Waals surface area contributed by atoms with E-state index in [-0.39, 0.29) is 11.5 Å². The molecule has 0 unspecified atom stereocenters. The van der Waals surface area contributed by atoms with Gasteiger partial charge >= 0.3 is 0 Å². The second-order valence-corrected chi connectivity index (χ2v) is 4.12. The molecule has 0 bridgehead atoms. The fourth-order valence-corrected chi connectivity index (χ4v) is 1.65. The largest absolute Gasteiger partial charge is 0.490 e. The summed E-state index contributed by atoms with van der Waals surface area (Å²) in [5.74, 6) is -0.534. The van der Waals surface area contributed by atoms with E-state index in [1.165, 1.54) is 19.1 Å². The molecule has 0 aliphatic rings. The molecule has 2 rings (SSSR count). The zero-order chi connectivity index (χ0) is 13.7. The van der Waals surface area contributed by atoms with E-state index >= 15 is 0 Å². The van der Waals surface area contributed by atoms with Crippen LogP contribution in [0.15, 0.2) is 42.6 Å². The van der Waals surface area contributed by atoms with E-state index < -0.39 is 5.82 Å². The average molecular weight is 259 g/mol. The number of hydrogen-bond acceptors (Lipinski definition) is 3. The predicted molar refractivity (Wildman–Crippen MR) is 69.8 cm³/mol. The van der Waals surface area contributed by atoms with Crippen molar-refractivity contribution in [2.75, 3.05) is 6.61 Å². The van der Waals surface area contributed by atoms with Gasteiger partial charge in [-0.05, 0) is 37.3 Å². The summed E-state index contributed by atoms with van der Waals surface area (Å²) < 4.78 is 19.0. The van der Waals surface area contributed by atoms with Crippen molar-refractivity contribution < 1.29 is 13.9 Å². The normalized spacial score (nSPS) is 10.2. The van der Waals surface area contributed by atoms with E-state index in [2.05, 4.69) is 4.98 Å². The van der Waals surface area contributed by atoms with Gasteiger partial charge in [-0.3, -0.25) is 9.78 Å². The third-order valence-corrected chi connectivity index (χ3v) is 2.68. The molecular formula is C15H14FNO2. The van der Waals surface area contributed by atoms with Crippen molar-refractivity contribution >= 4 is 5.78 Å². The second-order valence-electron chi connectivity index (χ2n) is 4.12. The lowest BCUT2D eigenvalue weighted by atomic mass is 10.1. The molecule has 98 valence electrons. The second kappa shape index (κ2) is 6.09. The van der Waals surface area contributed by atoms with E-state index in [0.29, 0.717) is 18.6 Å². The van der Waals surface area contributed by atoms with Crippen LogP contribution in [0.3, 0.4) is 0 Å². The minimum Gasteiger partial charge on any atom is -0.490 e. The molecule has 1 aromatic carbocycles. The Kier molecular flexibility index (Phi) is 4.23. The Morgan fingerprint density at radius 3 is 2.79 bits per heavy atom. The van der Waals surface area contributed by atoms with E-state index in [4.69, 9.17) is 4.74 Å². The Morgan fingerprint density at radius 2 is 2.16 bits per heavy atom. The van der Waals surface area contributed by atoms with Gasteiger partial charge < -0.3 is 4.74 Å². The van der Waals surface area contributed by atoms with Crippen LogP contribution < -0.4 is 4.74 Å². The fourth-order valence-electron chi connectivity index (χ4n) is 1.65. The SMILES string of the molecule is CC(=O)c1ccc(OCCc2ccccn2)c(F)c1. The summed E-state index contributed by atoms with van der Waals surface area (Å²) in [5.41, 5.74) is 1.23. The molecule has 4 heteroatoms. The number of halogens is 1. The van der Waals surface area contributed by atoms with Gasteiger partial charge in [0, 0.05) is 23.9 Å². The van der Waals surface area contributed by atoms with Gasteiger partial charge in [-0.2, -0.15) is 0 Å². The maximum absolute atomic E-state index is 13.6. The Labute approximate surface area is 111 Å². The number of aromatic nitrogens is 1. The van der Waals surface area contributed by atoms with Crippen molar-refractivity contribution in [3.63, 3.8) is 0 Å². The van der Waals surface area contributed by atoms with Gasteiger partial charge in [0.1, 0.15) is 0 Å². The van der Waals surface area contributed by atoms with Crippen LogP contribution in [0.5, 0.6) is 5.75 Å². The number of pyridine rings is 1. The smallest absolute Gasteiger partial charge is 0.165 e. The quantitative estimate of drug-likeness (QED) is 0.775. The standard InChI is InChI=1S/C15H14FNO2/c1-11(18)12-5-6-15(14(16)10-12)19-9-7-13-4-2-3-8-17-13/h2-6,8,10H,7,9H2,1H3. The topological polar surface area (TPSA) is 39.2 Å². The number of rotatable bonds is 5. The van der Waals surface area contributed by atoms with E-state index in [1.807, 2.05) is 18.2 Å². The molecular weight excluding hydrogens is 245 g/mol. The zero-order valence-corrected chi connectivity index (χ0v) is 10.6. The first-order chi connectivity index (χ1) is 9.16. The first-order valence-corrected chi connectivity index (χ1v) is 6.00. The number of Topliss-reactive ketones (excluding diaryl/α,β-unsaturated/α-hetero) is 1. The molecule has 19 heavy (non-hydrogen) atoms. The molecule has 0 N–H and O–H groups in total. The van der Waals surface area contributed by atoms with Crippen molar-refractivity contribution in [2.45, 2.75) is 13.3 Å². The maximum atomic E-state index is 13.6. The monoisotopic (exact) mass is 259 g/mol. The molecule has 0 fully saturated rings. The molecule has 0 aliphatic carbocycles. The van der Waals surface area contributed by atoms with Gasteiger partial charge in [-0.25, -0.2) is 4.39 Å². The van der Waals surface area contributed by atoms with Crippen LogP contribution in [0.1, 0.15) is 23.0 Å². The average Bonchev–Trinajstić information content (AvgIpc) is 2.41. The maximum Gasteiger partial charge on any atom is 0.165 e. The van der Waals surface area contributed by atoms with Crippen LogP contribution in [-0.4, -0.2) is 17.4 Å². The molecule has 1 heterocycles. The fraction of sp³-hybridized carbons (Fsp3) is 0.200. The van der Waals surface area contributed by atoms with Gasteiger partial charge in [0.2, 0.25) is 0 Å². The number of nitrogens with zero attached hydrogens (tertiary/aromatic N) is 1. The van der Waals surface area contributed by atoms with Crippen LogP contribution in [-0.2, 0) is 6.42 Å². The van der Waals surface area contributed by atoms with Crippen molar-refractivity contribution in [3.8, 4) is 5.75 Å². The van der Waals surface area contributed by atoms with Crippen LogP contribution in [0.4, 0.5) is 4.39 Å². The summed E-state index contributed by atoms with van der Waals surface area (Å²) in [5, 5.41) is 0. The summed E-state index contributed by atoms with van der Waals surface area (Å²) in [4.78, 5) is 15.2. The van der Waals surface area contributed by atoms with Crippen LogP contribution in [0, 0.1) is 5.82 Å². The summed E-state index contributed by atoms with van der Waals surface area (Å²) in [6, 6.07) is 9.85. The lowest BCUT2D eigenvalue weighted by Crippen LogP contribution is -2.04. The highest BCUT2D eigenvalue weighted by Gasteiger charge is 2.07. The molecule has 0 atom stereocenters. The van der Waals surface area contributed by atoms with E-state index in [0.717, 1.165) is 5.69 Å². The Balaban J connectivity index is 1.95. The lowest BCUT2D eigenvalue weighted by Gasteiger charge is -2.07. The van der Waals surface area contributed by atoms with Crippen LogP contribution in [0.2, 0.25) is 0 Å². The lowest BCUT2D eigenvalue weighted by molar-refractivity contribution is 0.101. The Morgan fingerprint density at radius 1 is 1.32 bits per heavy atom. The summed E-state index contributed by atoms with van der Waals surface area (Å²) in [6.07, 6.45) is 2.31. The molecule has 2 aromatic rings. The highest BCUT2D eigenvalue weighted by atomic mass is 19.1. The van der Waals surface area contributed by atoms with Gasteiger partial charge in [0.25, 0.3) is 0 Å². The predicted octanol–water partition coefficient (Wildman–Crippen LogP) is 3.04. The minimum absolute atomic E-state index is 0.154. The molecule has 1 aromatic heterocycles. The number of ketones is 1. The summed E-state index contributed by atoms with van der Waals surface area (Å²) in [7, 11) is 0. The molecule has 0 spiro atoms. The molecule has 0 aliphatic heterocycles. The molecule has 3 nitrogen and oxygen atoms in total. The van der Waals surface area contributed by atoms with Crippen molar-refractivity contribution in [3.05, 3.63) is 59.7 Å². The first kappa shape index (κ1) is 13.2. The van der Waals surface area contributed by atoms with Gasteiger partial charge in [-0.15, -0.1) is 0 Å². The first-order valence-electron chi connectivity index (χ1n) is 6.00. The third kappa shape index (κ3) is 3.61. The van der Waals surface area contributed by atoms with Crippen molar-refractivity contribution in [1.29, 1.82) is 0 Å². The van der Waals surface area contributed by atoms with Crippen LogP contribution >= 0.6 is 0 Å². The Hall–Kier alpha value is -2.23. The molecule has 0 saturated carbocycles. The van der Waals surface area contributed by atoms with E-state index in [1.54, 1.807) is 12.3 Å². The number of hydrogen-bond donors (Lipinski definition) is 0. The third-order valence-electron chi connectivity index (χ3n) is 2.68. The minimum atomic E-state index is -0.520. The highest BCUT2D eigenvalue weighted by Crippen LogP contribution is 2.18. The highest BCUT2D eigenvalue weighted by molar-refractivity contribution is 5.94. The summed E-state index contributed by atoms with van der Waals surface area (Å²) in [6.45, 7) is 1.74. The number of carbonyl (C=O) groups excluding carboxylic acids is 1. The number of carbonyl (C=O) groups is 1. The molecule has 0 radical (unpaired) electrons. The van der Waals surface area contributed by atoms with Gasteiger partial charge in [-0.1, -0.05) is 6.07 Å². The zero-order valence-electron chi connectivity index (χ0n) is 10.6. The van der Waals surface area contributed by atoms with Crippen molar-refractivity contribution in [1.82, 2.24) is 4.98 Å².